The van der Waals surface area contributed by atoms with E-state index >= 15 is 0 Å². The number of hydrogen-bond acceptors (Lipinski definition) is 4. The van der Waals surface area contributed by atoms with Gasteiger partial charge in [0.1, 0.15) is 5.69 Å². The van der Waals surface area contributed by atoms with E-state index in [9.17, 15) is 9.59 Å². The number of carbonyl (C=O) groups excluding carboxylic acids is 2. The molecule has 3 rings (SSSR count). The van der Waals surface area contributed by atoms with E-state index in [1.54, 1.807) is 16.8 Å². The van der Waals surface area contributed by atoms with E-state index in [0.717, 1.165) is 13.1 Å². The molecule has 0 aromatic carbocycles. The third-order valence-electron chi connectivity index (χ3n) is 3.91. The molecule has 0 radical (unpaired) electrons. The Hall–Kier alpha value is -2.21. The Labute approximate surface area is 122 Å². The largest absolute Gasteiger partial charge is 0.335 e. The van der Waals surface area contributed by atoms with Gasteiger partial charge in [0.2, 0.25) is 0 Å². The van der Waals surface area contributed by atoms with Crippen LogP contribution in [0.3, 0.4) is 0 Å². The lowest BCUT2D eigenvalue weighted by Gasteiger charge is -2.27. The third-order valence-corrected chi connectivity index (χ3v) is 3.91. The minimum atomic E-state index is -0.0600. The molecule has 0 aliphatic carbocycles. The summed E-state index contributed by atoms with van der Waals surface area (Å²) in [5.74, 6) is -0.104. The Balaban J connectivity index is 2.15. The molecular weight excluding hydrogens is 268 g/mol. The van der Waals surface area contributed by atoms with Gasteiger partial charge in [-0.05, 0) is 31.5 Å². The Morgan fingerprint density at radius 3 is 2.67 bits per heavy atom. The molecule has 21 heavy (non-hydrogen) atoms. The quantitative estimate of drug-likeness (QED) is 0.833. The van der Waals surface area contributed by atoms with Crippen LogP contribution < -0.4 is 5.32 Å². The van der Waals surface area contributed by atoms with Crippen molar-refractivity contribution in [2.24, 2.45) is 0 Å². The fraction of sp³-hybridized carbons (Fsp3) is 0.400. The normalized spacial score (nSPS) is 15.4. The van der Waals surface area contributed by atoms with Gasteiger partial charge in [0, 0.05) is 37.9 Å². The standard InChI is InChI=1S/C15H18N4O2/c1-10-13(11(2)20)12-4-3-5-17-19(12)14(10)15(21)18-8-6-16-7-9-18/h3-5,16H,6-9H2,1-2H3. The molecule has 0 bridgehead atoms. The molecule has 1 aliphatic rings. The predicted molar refractivity (Wildman–Crippen MR) is 78.7 cm³/mol. The van der Waals surface area contributed by atoms with Crippen molar-refractivity contribution in [2.75, 3.05) is 26.2 Å². The second-order valence-corrected chi connectivity index (χ2v) is 5.27. The van der Waals surface area contributed by atoms with Gasteiger partial charge in [-0.1, -0.05) is 0 Å². The smallest absolute Gasteiger partial charge is 0.272 e. The molecule has 0 unspecified atom stereocenters. The van der Waals surface area contributed by atoms with Crippen LogP contribution in [0.25, 0.3) is 5.52 Å². The molecule has 0 atom stereocenters. The molecule has 1 amide bonds. The summed E-state index contributed by atoms with van der Waals surface area (Å²) in [6.07, 6.45) is 1.63. The number of aromatic nitrogens is 2. The topological polar surface area (TPSA) is 66.7 Å². The van der Waals surface area contributed by atoms with Crippen LogP contribution >= 0.6 is 0 Å². The summed E-state index contributed by atoms with van der Waals surface area (Å²) in [5, 5.41) is 7.49. The molecule has 1 saturated heterocycles. The Morgan fingerprint density at radius 1 is 1.29 bits per heavy atom. The second-order valence-electron chi connectivity index (χ2n) is 5.27. The molecule has 6 nitrogen and oxygen atoms in total. The van der Waals surface area contributed by atoms with Gasteiger partial charge in [-0.25, -0.2) is 4.52 Å². The van der Waals surface area contributed by atoms with Crippen LogP contribution in [0.15, 0.2) is 18.3 Å². The van der Waals surface area contributed by atoms with E-state index in [-0.39, 0.29) is 11.7 Å². The highest BCUT2D eigenvalue weighted by molar-refractivity contribution is 6.07. The molecule has 0 saturated carbocycles. The number of nitrogens with one attached hydrogen (secondary N) is 1. The Morgan fingerprint density at radius 2 is 2.00 bits per heavy atom. The molecule has 0 spiro atoms. The number of ketones is 1. The summed E-state index contributed by atoms with van der Waals surface area (Å²) in [6, 6.07) is 3.60. The first-order valence-electron chi connectivity index (χ1n) is 7.08. The zero-order chi connectivity index (χ0) is 15.0. The van der Waals surface area contributed by atoms with Crippen molar-refractivity contribution >= 4 is 17.2 Å². The van der Waals surface area contributed by atoms with Gasteiger partial charge >= 0.3 is 0 Å². The summed E-state index contributed by atoms with van der Waals surface area (Å²) in [6.45, 7) is 6.28. The van der Waals surface area contributed by atoms with Crippen molar-refractivity contribution in [2.45, 2.75) is 13.8 Å². The number of piperazine rings is 1. The number of rotatable bonds is 2. The molecule has 1 fully saturated rings. The fourth-order valence-electron chi connectivity index (χ4n) is 2.92. The molecule has 110 valence electrons. The first kappa shape index (κ1) is 13.8. The number of fused-ring (bicyclic) bond motifs is 1. The van der Waals surface area contributed by atoms with Crippen molar-refractivity contribution < 1.29 is 9.59 Å². The number of hydrogen-bond donors (Lipinski definition) is 1. The third kappa shape index (κ3) is 2.21. The molecule has 1 aliphatic heterocycles. The summed E-state index contributed by atoms with van der Waals surface area (Å²) in [7, 11) is 0. The first-order valence-corrected chi connectivity index (χ1v) is 7.08. The van der Waals surface area contributed by atoms with Crippen molar-refractivity contribution in [3.63, 3.8) is 0 Å². The van der Waals surface area contributed by atoms with Gasteiger partial charge in [0.15, 0.2) is 5.78 Å². The maximum atomic E-state index is 12.8. The van der Waals surface area contributed by atoms with Gasteiger partial charge in [-0.15, -0.1) is 0 Å². The lowest BCUT2D eigenvalue weighted by Crippen LogP contribution is -2.46. The zero-order valence-electron chi connectivity index (χ0n) is 12.2. The summed E-state index contributed by atoms with van der Waals surface area (Å²) >= 11 is 0. The molecule has 2 aromatic heterocycles. The SMILES string of the molecule is CC(=O)c1c(C)c(C(=O)N2CCNCC2)n2ncccc12. The molecule has 6 heteroatoms. The van der Waals surface area contributed by atoms with Crippen LogP contribution in [0.5, 0.6) is 0 Å². The first-order chi connectivity index (χ1) is 10.1. The van der Waals surface area contributed by atoms with Crippen LogP contribution in [0, 0.1) is 6.92 Å². The number of nitrogens with zero attached hydrogens (tertiary/aromatic N) is 3. The van der Waals surface area contributed by atoms with E-state index in [2.05, 4.69) is 10.4 Å². The minimum absolute atomic E-state index is 0.0441. The van der Waals surface area contributed by atoms with E-state index < -0.39 is 0 Å². The van der Waals surface area contributed by atoms with Crippen LogP contribution in [-0.4, -0.2) is 52.4 Å². The molecule has 1 N–H and O–H groups in total. The van der Waals surface area contributed by atoms with Crippen molar-refractivity contribution in [3.8, 4) is 0 Å². The van der Waals surface area contributed by atoms with Crippen LogP contribution in [-0.2, 0) is 0 Å². The molecular formula is C15H18N4O2. The highest BCUT2D eigenvalue weighted by Crippen LogP contribution is 2.24. The van der Waals surface area contributed by atoms with Gasteiger partial charge in [-0.2, -0.15) is 5.10 Å². The average Bonchev–Trinajstić information content (AvgIpc) is 2.79. The van der Waals surface area contributed by atoms with Crippen LogP contribution in [0.1, 0.15) is 33.3 Å². The summed E-state index contributed by atoms with van der Waals surface area (Å²) < 4.78 is 1.59. The lowest BCUT2D eigenvalue weighted by molar-refractivity contribution is 0.0726. The van der Waals surface area contributed by atoms with Gasteiger partial charge in [0.25, 0.3) is 5.91 Å². The van der Waals surface area contributed by atoms with E-state index in [0.29, 0.717) is 35.4 Å². The van der Waals surface area contributed by atoms with Crippen LogP contribution in [0.2, 0.25) is 0 Å². The highest BCUT2D eigenvalue weighted by atomic mass is 16.2. The second kappa shape index (κ2) is 5.29. The summed E-state index contributed by atoms with van der Waals surface area (Å²) in [4.78, 5) is 26.5. The highest BCUT2D eigenvalue weighted by Gasteiger charge is 2.27. The van der Waals surface area contributed by atoms with Gasteiger partial charge in [0.05, 0.1) is 5.52 Å². The number of carbonyl (C=O) groups is 2. The van der Waals surface area contributed by atoms with E-state index in [1.165, 1.54) is 6.92 Å². The zero-order valence-corrected chi connectivity index (χ0v) is 12.2. The van der Waals surface area contributed by atoms with E-state index in [4.69, 9.17) is 0 Å². The fourth-order valence-corrected chi connectivity index (χ4v) is 2.92. The maximum absolute atomic E-state index is 12.8. The van der Waals surface area contributed by atoms with Crippen molar-refractivity contribution in [1.29, 1.82) is 0 Å². The van der Waals surface area contributed by atoms with Crippen molar-refractivity contribution in [1.82, 2.24) is 19.8 Å². The number of amides is 1. The van der Waals surface area contributed by atoms with E-state index in [1.807, 2.05) is 17.9 Å². The monoisotopic (exact) mass is 286 g/mol. The van der Waals surface area contributed by atoms with Crippen LogP contribution in [0.4, 0.5) is 0 Å². The molecule has 2 aromatic rings. The van der Waals surface area contributed by atoms with Crippen molar-refractivity contribution in [3.05, 3.63) is 35.2 Å². The maximum Gasteiger partial charge on any atom is 0.272 e. The molecule has 3 heterocycles. The predicted octanol–water partition coefficient (Wildman–Crippen LogP) is 0.891. The average molecular weight is 286 g/mol. The number of Topliss-reactive ketones (excluding diaryl/α,β-unsaturated/α-hetero) is 1. The summed E-state index contributed by atoms with van der Waals surface area (Å²) in [5.41, 5.74) is 2.49. The minimum Gasteiger partial charge on any atom is -0.335 e. The lowest BCUT2D eigenvalue weighted by atomic mass is 10.1. The Kier molecular flexibility index (Phi) is 3.47. The van der Waals surface area contributed by atoms with Gasteiger partial charge in [-0.3, -0.25) is 9.59 Å². The Bertz CT molecular complexity index is 714. The van der Waals surface area contributed by atoms with Gasteiger partial charge < -0.3 is 10.2 Å².